The van der Waals surface area contributed by atoms with E-state index < -0.39 is 9.84 Å². The molecule has 158 valence electrons. The number of hydrogen-bond acceptors (Lipinski definition) is 4. The van der Waals surface area contributed by atoms with E-state index in [-0.39, 0.29) is 28.7 Å². The molecular formula is C22H30N2O3S2. The van der Waals surface area contributed by atoms with Crippen LogP contribution in [-0.4, -0.2) is 42.3 Å². The number of anilines is 1. The molecule has 0 aromatic heterocycles. The lowest BCUT2D eigenvalue weighted by molar-refractivity contribution is -0.118. The molecule has 2 aliphatic heterocycles. The van der Waals surface area contributed by atoms with E-state index in [4.69, 9.17) is 0 Å². The molecule has 3 aliphatic rings. The Labute approximate surface area is 178 Å². The quantitative estimate of drug-likeness (QED) is 0.688. The van der Waals surface area contributed by atoms with Gasteiger partial charge in [0.15, 0.2) is 15.0 Å². The number of hydrogen-bond donors (Lipinski definition) is 0. The zero-order valence-electron chi connectivity index (χ0n) is 17.2. The summed E-state index contributed by atoms with van der Waals surface area (Å²) in [4.78, 5) is 19.0. The van der Waals surface area contributed by atoms with Crippen LogP contribution in [0, 0.1) is 5.92 Å². The van der Waals surface area contributed by atoms with Crippen LogP contribution in [0.4, 0.5) is 5.69 Å². The van der Waals surface area contributed by atoms with Gasteiger partial charge in [0.25, 0.3) is 0 Å². The molecule has 0 unspecified atom stereocenters. The highest BCUT2D eigenvalue weighted by Gasteiger charge is 2.49. The van der Waals surface area contributed by atoms with Crippen LogP contribution in [0.1, 0.15) is 63.9 Å². The Morgan fingerprint density at radius 3 is 2.52 bits per heavy atom. The van der Waals surface area contributed by atoms with Crippen LogP contribution in [0.2, 0.25) is 0 Å². The van der Waals surface area contributed by atoms with Crippen LogP contribution < -0.4 is 4.90 Å². The Morgan fingerprint density at radius 2 is 1.86 bits per heavy atom. The normalized spacial score (nSPS) is 27.8. The van der Waals surface area contributed by atoms with Crippen LogP contribution >= 0.6 is 11.8 Å². The SMILES string of the molecule is CC(C)c1ccc(N2C(=NC(=O)CCC3CCCC3)S[C@@H]3CS(=O)(=O)C[C@H]32)cc1. The van der Waals surface area contributed by atoms with E-state index in [2.05, 4.69) is 31.0 Å². The van der Waals surface area contributed by atoms with Gasteiger partial charge in [-0.1, -0.05) is 63.4 Å². The van der Waals surface area contributed by atoms with Crippen molar-refractivity contribution in [3.63, 3.8) is 0 Å². The molecule has 2 heterocycles. The molecule has 29 heavy (non-hydrogen) atoms. The van der Waals surface area contributed by atoms with Gasteiger partial charge in [0.2, 0.25) is 5.91 Å². The van der Waals surface area contributed by atoms with E-state index in [1.165, 1.54) is 43.0 Å². The second-order valence-corrected chi connectivity index (χ2v) is 12.3. The number of amides is 1. The van der Waals surface area contributed by atoms with Crippen LogP contribution in [-0.2, 0) is 14.6 Å². The summed E-state index contributed by atoms with van der Waals surface area (Å²) in [6.45, 7) is 4.30. The Bertz CT molecular complexity index is 887. The molecule has 1 amide bonds. The number of benzene rings is 1. The minimum Gasteiger partial charge on any atom is -0.316 e. The van der Waals surface area contributed by atoms with Gasteiger partial charge in [-0.25, -0.2) is 8.42 Å². The van der Waals surface area contributed by atoms with Crippen molar-refractivity contribution in [3.05, 3.63) is 29.8 Å². The predicted octanol–water partition coefficient (Wildman–Crippen LogP) is 4.38. The van der Waals surface area contributed by atoms with Crippen LogP contribution in [0.25, 0.3) is 0 Å². The fourth-order valence-corrected chi connectivity index (χ4v) is 8.61. The predicted molar refractivity (Wildman–Crippen MR) is 120 cm³/mol. The van der Waals surface area contributed by atoms with Crippen molar-refractivity contribution in [2.24, 2.45) is 10.9 Å². The maximum atomic E-state index is 12.6. The fraction of sp³-hybridized carbons (Fsp3) is 0.636. The van der Waals surface area contributed by atoms with Gasteiger partial charge in [-0.15, -0.1) is 0 Å². The monoisotopic (exact) mass is 434 g/mol. The van der Waals surface area contributed by atoms with Gasteiger partial charge in [-0.2, -0.15) is 4.99 Å². The van der Waals surface area contributed by atoms with E-state index in [1.54, 1.807) is 0 Å². The maximum Gasteiger partial charge on any atom is 0.248 e. The van der Waals surface area contributed by atoms with Crippen molar-refractivity contribution in [3.8, 4) is 0 Å². The standard InChI is InChI=1S/C22H30N2O3S2/c1-15(2)17-8-10-18(11-9-17)24-19-13-29(26,27)14-20(19)28-22(24)23-21(25)12-7-16-5-3-4-6-16/h8-11,15-16,19-20H,3-7,12-14H2,1-2H3/t19-,20-/m1/s1. The van der Waals surface area contributed by atoms with Gasteiger partial charge >= 0.3 is 0 Å². The first kappa shape index (κ1) is 20.9. The van der Waals surface area contributed by atoms with Gasteiger partial charge in [-0.05, 0) is 36.0 Å². The van der Waals surface area contributed by atoms with Crippen LogP contribution in [0.15, 0.2) is 29.3 Å². The van der Waals surface area contributed by atoms with Gasteiger partial charge < -0.3 is 4.90 Å². The molecule has 3 fully saturated rings. The zero-order chi connectivity index (χ0) is 20.6. The van der Waals surface area contributed by atoms with Crippen LogP contribution in [0.3, 0.4) is 0 Å². The lowest BCUT2D eigenvalue weighted by Crippen LogP contribution is -2.37. The van der Waals surface area contributed by atoms with E-state index in [0.717, 1.165) is 12.1 Å². The Kier molecular flexibility index (Phi) is 6.07. The third-order valence-corrected chi connectivity index (χ3v) is 9.58. The number of carbonyl (C=O) groups is 1. The van der Waals surface area contributed by atoms with Gasteiger partial charge in [0.1, 0.15) is 0 Å². The largest absolute Gasteiger partial charge is 0.316 e. The number of rotatable bonds is 5. The minimum atomic E-state index is -3.04. The van der Waals surface area contributed by atoms with E-state index in [0.29, 0.717) is 23.4 Å². The molecule has 5 nitrogen and oxygen atoms in total. The summed E-state index contributed by atoms with van der Waals surface area (Å²) >= 11 is 1.46. The smallest absolute Gasteiger partial charge is 0.248 e. The summed E-state index contributed by atoms with van der Waals surface area (Å²) in [5.74, 6) is 1.32. The summed E-state index contributed by atoms with van der Waals surface area (Å²) in [5, 5.41) is 0.620. The fourth-order valence-electron chi connectivity index (χ4n) is 4.68. The number of amidine groups is 1. The molecule has 0 bridgehead atoms. The first-order chi connectivity index (χ1) is 13.8. The molecule has 1 saturated carbocycles. The van der Waals surface area contributed by atoms with Crippen molar-refractivity contribution in [1.82, 2.24) is 0 Å². The molecule has 0 spiro atoms. The average Bonchev–Trinajstić information content (AvgIpc) is 3.34. The summed E-state index contributed by atoms with van der Waals surface area (Å²) in [5.41, 5.74) is 2.16. The van der Waals surface area contributed by atoms with Crippen molar-refractivity contribution >= 4 is 38.4 Å². The number of sulfone groups is 1. The van der Waals surface area contributed by atoms with Gasteiger partial charge in [-0.3, -0.25) is 4.79 Å². The summed E-state index contributed by atoms with van der Waals surface area (Å²) < 4.78 is 24.4. The molecule has 2 atom stereocenters. The molecule has 0 radical (unpaired) electrons. The molecule has 1 aromatic rings. The topological polar surface area (TPSA) is 66.8 Å². The first-order valence-corrected chi connectivity index (χ1v) is 13.4. The second kappa shape index (κ2) is 8.42. The summed E-state index contributed by atoms with van der Waals surface area (Å²) in [6, 6.07) is 8.09. The van der Waals surface area contributed by atoms with Crippen molar-refractivity contribution in [2.75, 3.05) is 16.4 Å². The molecule has 0 N–H and O–H groups in total. The van der Waals surface area contributed by atoms with E-state index in [9.17, 15) is 13.2 Å². The Morgan fingerprint density at radius 1 is 1.17 bits per heavy atom. The first-order valence-electron chi connectivity index (χ1n) is 10.7. The Balaban J connectivity index is 1.55. The van der Waals surface area contributed by atoms with Gasteiger partial charge in [0, 0.05) is 17.4 Å². The molecule has 1 aromatic carbocycles. The lowest BCUT2D eigenvalue weighted by atomic mass is 10.0. The highest BCUT2D eigenvalue weighted by molar-refractivity contribution is 8.16. The van der Waals surface area contributed by atoms with Crippen LogP contribution in [0.5, 0.6) is 0 Å². The third kappa shape index (κ3) is 4.71. The molecule has 4 rings (SSSR count). The highest BCUT2D eigenvalue weighted by atomic mass is 32.2. The summed E-state index contributed by atoms with van der Waals surface area (Å²) in [6.07, 6.45) is 6.43. The van der Waals surface area contributed by atoms with Crippen molar-refractivity contribution in [2.45, 2.75) is 69.6 Å². The third-order valence-electron chi connectivity index (χ3n) is 6.37. The maximum absolute atomic E-state index is 12.6. The average molecular weight is 435 g/mol. The van der Waals surface area contributed by atoms with Crippen molar-refractivity contribution < 1.29 is 13.2 Å². The number of nitrogens with zero attached hydrogens (tertiary/aromatic N) is 2. The number of aliphatic imine (C=N–C) groups is 1. The Hall–Kier alpha value is -1.34. The van der Waals surface area contributed by atoms with E-state index >= 15 is 0 Å². The minimum absolute atomic E-state index is 0.0499. The number of fused-ring (bicyclic) bond motifs is 1. The van der Waals surface area contributed by atoms with Crippen molar-refractivity contribution in [1.29, 1.82) is 0 Å². The molecular weight excluding hydrogens is 404 g/mol. The number of thioether (sulfide) groups is 1. The summed E-state index contributed by atoms with van der Waals surface area (Å²) in [7, 11) is -3.04. The molecule has 7 heteroatoms. The highest BCUT2D eigenvalue weighted by Crippen LogP contribution is 2.41. The molecule has 2 saturated heterocycles. The zero-order valence-corrected chi connectivity index (χ0v) is 18.8. The molecule has 1 aliphatic carbocycles. The lowest BCUT2D eigenvalue weighted by Gasteiger charge is -2.25. The number of carbonyl (C=O) groups excluding carboxylic acids is 1. The van der Waals surface area contributed by atoms with E-state index in [1.807, 2.05) is 17.0 Å². The second-order valence-electron chi connectivity index (χ2n) is 8.89. The van der Waals surface area contributed by atoms with Gasteiger partial charge in [0.05, 0.1) is 17.5 Å².